The molecule has 0 amide bonds. The Bertz CT molecular complexity index is 764. The molecule has 156 valence electrons. The molecule has 0 unspecified atom stereocenters. The molecular weight excluding hydrogens is 350 g/mol. The Kier molecular flexibility index (Phi) is 7.52. The Hall–Kier alpha value is -2.28. The van der Waals surface area contributed by atoms with Crippen LogP contribution in [0.5, 0.6) is 0 Å². The second kappa shape index (κ2) is 9.48. The van der Waals surface area contributed by atoms with E-state index in [1.807, 2.05) is 13.8 Å². The van der Waals surface area contributed by atoms with Crippen LogP contribution in [0.1, 0.15) is 79.4 Å². The average molecular weight is 390 g/mol. The van der Waals surface area contributed by atoms with Gasteiger partial charge in [-0.05, 0) is 65.1 Å². The van der Waals surface area contributed by atoms with E-state index in [0.29, 0.717) is 0 Å². The fourth-order valence-electron chi connectivity index (χ4n) is 3.43. The van der Waals surface area contributed by atoms with Crippen LogP contribution in [0, 0.1) is 0 Å². The van der Waals surface area contributed by atoms with Gasteiger partial charge in [-0.1, -0.05) is 91.8 Å². The van der Waals surface area contributed by atoms with Crippen LogP contribution in [-0.2, 0) is 10.8 Å². The number of hydrogen-bond donors (Lipinski definition) is 0. The van der Waals surface area contributed by atoms with Gasteiger partial charge in [-0.3, -0.25) is 0 Å². The lowest BCUT2D eigenvalue weighted by Crippen LogP contribution is -2.18. The number of anilines is 2. The minimum Gasteiger partial charge on any atom is -0.311 e. The zero-order valence-electron chi connectivity index (χ0n) is 19.7. The van der Waals surface area contributed by atoms with Crippen LogP contribution >= 0.6 is 0 Å². The SMILES string of the molecule is CC.CC(C)(C)c1ccc(N(C2=CCCC=C2)c2ccc(C(C)(C)C)cc2)cc1. The molecule has 0 saturated heterocycles. The van der Waals surface area contributed by atoms with Gasteiger partial charge in [0.25, 0.3) is 0 Å². The first-order chi connectivity index (χ1) is 13.7. The largest absolute Gasteiger partial charge is 0.311 e. The van der Waals surface area contributed by atoms with Gasteiger partial charge >= 0.3 is 0 Å². The molecule has 0 aliphatic heterocycles. The van der Waals surface area contributed by atoms with Crippen LogP contribution in [0.4, 0.5) is 11.4 Å². The highest BCUT2D eigenvalue weighted by Crippen LogP contribution is 2.35. The highest BCUT2D eigenvalue weighted by molar-refractivity contribution is 5.71. The third-order valence-electron chi connectivity index (χ3n) is 5.22. The van der Waals surface area contributed by atoms with Crippen molar-refractivity contribution < 1.29 is 0 Å². The first-order valence-corrected chi connectivity index (χ1v) is 11.0. The first-order valence-electron chi connectivity index (χ1n) is 11.0. The maximum Gasteiger partial charge on any atom is 0.0461 e. The van der Waals surface area contributed by atoms with E-state index in [2.05, 4.69) is 113 Å². The summed E-state index contributed by atoms with van der Waals surface area (Å²) in [6.45, 7) is 17.6. The third-order valence-corrected chi connectivity index (χ3v) is 5.22. The fourth-order valence-corrected chi connectivity index (χ4v) is 3.43. The van der Waals surface area contributed by atoms with Crippen molar-refractivity contribution in [2.75, 3.05) is 4.90 Å². The molecule has 3 rings (SSSR count). The van der Waals surface area contributed by atoms with Gasteiger partial charge in [0.1, 0.15) is 0 Å². The standard InChI is InChI=1S/C26H33N.C2H6/c1-25(2,3)20-12-16-23(17-13-20)27(22-10-8-7-9-11-22)24-18-14-21(15-19-24)26(4,5)6;1-2/h8,10-19H,7,9H2,1-6H3;1-2H3. The molecule has 1 aliphatic carbocycles. The lowest BCUT2D eigenvalue weighted by atomic mass is 9.86. The van der Waals surface area contributed by atoms with E-state index in [1.54, 1.807) is 0 Å². The molecule has 0 spiro atoms. The van der Waals surface area contributed by atoms with E-state index in [9.17, 15) is 0 Å². The summed E-state index contributed by atoms with van der Waals surface area (Å²) >= 11 is 0. The molecular formula is C28H39N. The van der Waals surface area contributed by atoms with Gasteiger partial charge in [-0.25, -0.2) is 0 Å². The molecule has 1 aliphatic rings. The predicted molar refractivity (Wildman–Crippen MR) is 130 cm³/mol. The normalized spacial score (nSPS) is 14.0. The lowest BCUT2D eigenvalue weighted by molar-refractivity contribution is 0.590. The number of benzene rings is 2. The zero-order chi connectivity index (χ0) is 21.7. The Labute approximate surface area is 179 Å². The second-order valence-electron chi connectivity index (χ2n) is 9.54. The van der Waals surface area contributed by atoms with Crippen molar-refractivity contribution in [3.8, 4) is 0 Å². The topological polar surface area (TPSA) is 3.24 Å². The maximum atomic E-state index is 2.37. The molecule has 0 radical (unpaired) electrons. The molecule has 0 fully saturated rings. The smallest absolute Gasteiger partial charge is 0.0461 e. The Morgan fingerprint density at radius 1 is 0.621 bits per heavy atom. The number of hydrogen-bond acceptors (Lipinski definition) is 1. The zero-order valence-corrected chi connectivity index (χ0v) is 19.7. The molecule has 1 nitrogen and oxygen atoms in total. The summed E-state index contributed by atoms with van der Waals surface area (Å²) in [5.74, 6) is 0. The fraction of sp³-hybridized carbons (Fsp3) is 0.429. The van der Waals surface area contributed by atoms with Crippen LogP contribution < -0.4 is 4.90 Å². The highest BCUT2D eigenvalue weighted by Gasteiger charge is 2.19. The molecule has 0 atom stereocenters. The van der Waals surface area contributed by atoms with Crippen molar-refractivity contribution in [2.24, 2.45) is 0 Å². The maximum absolute atomic E-state index is 2.37. The summed E-state index contributed by atoms with van der Waals surface area (Å²) < 4.78 is 0. The summed E-state index contributed by atoms with van der Waals surface area (Å²) in [5, 5.41) is 0. The minimum atomic E-state index is 0.168. The van der Waals surface area contributed by atoms with Crippen molar-refractivity contribution in [1.82, 2.24) is 0 Å². The summed E-state index contributed by atoms with van der Waals surface area (Å²) in [4.78, 5) is 2.37. The summed E-state index contributed by atoms with van der Waals surface area (Å²) in [6, 6.07) is 18.1. The number of allylic oxidation sites excluding steroid dienone is 3. The molecule has 2 aromatic carbocycles. The van der Waals surface area contributed by atoms with Gasteiger partial charge in [0.2, 0.25) is 0 Å². The van der Waals surface area contributed by atoms with Crippen molar-refractivity contribution >= 4 is 11.4 Å². The Morgan fingerprint density at radius 2 is 1.03 bits per heavy atom. The van der Waals surface area contributed by atoms with Crippen molar-refractivity contribution in [1.29, 1.82) is 0 Å². The number of nitrogens with zero attached hydrogens (tertiary/aromatic N) is 1. The predicted octanol–water partition coefficient (Wildman–Crippen LogP) is 8.68. The van der Waals surface area contributed by atoms with E-state index in [0.717, 1.165) is 12.8 Å². The third kappa shape index (κ3) is 5.85. The van der Waals surface area contributed by atoms with E-state index in [4.69, 9.17) is 0 Å². The van der Waals surface area contributed by atoms with Crippen LogP contribution in [0.25, 0.3) is 0 Å². The molecule has 0 aromatic heterocycles. The van der Waals surface area contributed by atoms with Gasteiger partial charge < -0.3 is 4.90 Å². The second-order valence-corrected chi connectivity index (χ2v) is 9.54. The summed E-state index contributed by atoms with van der Waals surface area (Å²) in [6.07, 6.45) is 9.09. The summed E-state index contributed by atoms with van der Waals surface area (Å²) in [7, 11) is 0. The molecule has 0 heterocycles. The van der Waals surface area contributed by atoms with Gasteiger partial charge in [-0.15, -0.1) is 0 Å². The van der Waals surface area contributed by atoms with Gasteiger partial charge in [0, 0.05) is 17.1 Å². The van der Waals surface area contributed by atoms with Crippen LogP contribution in [0.2, 0.25) is 0 Å². The first kappa shape index (κ1) is 23.0. The van der Waals surface area contributed by atoms with E-state index in [-0.39, 0.29) is 10.8 Å². The van der Waals surface area contributed by atoms with Crippen molar-refractivity contribution in [3.05, 3.63) is 83.6 Å². The van der Waals surface area contributed by atoms with Crippen molar-refractivity contribution in [2.45, 2.75) is 79.1 Å². The van der Waals surface area contributed by atoms with Crippen molar-refractivity contribution in [3.63, 3.8) is 0 Å². The molecule has 0 N–H and O–H groups in total. The Balaban J connectivity index is 0.00000145. The van der Waals surface area contributed by atoms with Crippen LogP contribution in [0.3, 0.4) is 0 Å². The van der Waals surface area contributed by atoms with Gasteiger partial charge in [-0.2, -0.15) is 0 Å². The lowest BCUT2D eigenvalue weighted by Gasteiger charge is -2.29. The van der Waals surface area contributed by atoms with Gasteiger partial charge in [0.05, 0.1) is 0 Å². The van der Waals surface area contributed by atoms with Crippen LogP contribution in [0.15, 0.2) is 72.5 Å². The minimum absolute atomic E-state index is 0.168. The quantitative estimate of drug-likeness (QED) is 0.507. The summed E-state index contributed by atoms with van der Waals surface area (Å²) in [5.41, 5.74) is 6.75. The van der Waals surface area contributed by atoms with E-state index >= 15 is 0 Å². The highest BCUT2D eigenvalue weighted by atomic mass is 15.1. The molecule has 0 saturated carbocycles. The van der Waals surface area contributed by atoms with E-state index < -0.39 is 0 Å². The number of rotatable bonds is 3. The molecule has 29 heavy (non-hydrogen) atoms. The van der Waals surface area contributed by atoms with Crippen LogP contribution in [-0.4, -0.2) is 0 Å². The van der Waals surface area contributed by atoms with E-state index in [1.165, 1.54) is 28.2 Å². The van der Waals surface area contributed by atoms with Gasteiger partial charge in [0.15, 0.2) is 0 Å². The molecule has 2 aromatic rings. The average Bonchev–Trinajstić information content (AvgIpc) is 2.70. The molecule has 0 bridgehead atoms. The Morgan fingerprint density at radius 3 is 1.34 bits per heavy atom. The monoisotopic (exact) mass is 389 g/mol. The molecule has 1 heteroatoms.